The maximum atomic E-state index is 5.08. The maximum absolute atomic E-state index is 5.08. The molecule has 1 aliphatic heterocycles. The van der Waals surface area contributed by atoms with Gasteiger partial charge in [0, 0.05) is 16.9 Å². The van der Waals surface area contributed by atoms with Gasteiger partial charge >= 0.3 is 0 Å². The van der Waals surface area contributed by atoms with E-state index in [0.29, 0.717) is 21.1 Å². The highest BCUT2D eigenvalue weighted by atomic mass is 127. The molecule has 0 bridgehead atoms. The van der Waals surface area contributed by atoms with Gasteiger partial charge in [0.05, 0.1) is 5.54 Å². The number of alkyl halides is 1. The molecule has 3 nitrogen and oxygen atoms in total. The van der Waals surface area contributed by atoms with Crippen LogP contribution in [0.4, 0.5) is 0 Å². The van der Waals surface area contributed by atoms with E-state index in [-0.39, 0.29) is 5.54 Å². The molecule has 0 saturated heterocycles. The van der Waals surface area contributed by atoms with Crippen LogP contribution in [-0.4, -0.2) is 51.8 Å². The Kier molecular flexibility index (Phi) is 10.8. The number of aliphatic imine (C=N–C) groups is 2. The molecule has 2 aliphatic rings. The van der Waals surface area contributed by atoms with Gasteiger partial charge in [-0.25, -0.2) is 0 Å². The van der Waals surface area contributed by atoms with Crippen LogP contribution in [0.25, 0.3) is 0 Å². The Hall–Kier alpha value is 0.380. The molecule has 5 heteroatoms. The van der Waals surface area contributed by atoms with E-state index in [0.717, 1.165) is 6.42 Å². The Morgan fingerprint density at radius 3 is 2.75 bits per heavy atom. The summed E-state index contributed by atoms with van der Waals surface area (Å²) in [5.74, 6) is 1.38. The molecule has 1 heterocycles. The first-order valence-corrected chi connectivity index (χ1v) is 13.3. The van der Waals surface area contributed by atoms with Crippen LogP contribution in [0.3, 0.4) is 0 Å². The second kappa shape index (κ2) is 12.3. The third kappa shape index (κ3) is 6.97. The lowest BCUT2D eigenvalue weighted by Crippen LogP contribution is -2.53. The largest absolute Gasteiger partial charge is 0.306 e. The molecule has 0 aromatic carbocycles. The molecule has 0 N–H and O–H groups in total. The Morgan fingerprint density at radius 1 is 1.29 bits per heavy atom. The van der Waals surface area contributed by atoms with Crippen molar-refractivity contribution in [2.75, 3.05) is 20.1 Å². The van der Waals surface area contributed by atoms with E-state index in [9.17, 15) is 0 Å². The van der Waals surface area contributed by atoms with E-state index in [1.807, 2.05) is 0 Å². The van der Waals surface area contributed by atoms with Gasteiger partial charge in [0.25, 0.3) is 0 Å². The number of nitrogens with zero attached hydrogens (tertiary/aromatic N) is 3. The summed E-state index contributed by atoms with van der Waals surface area (Å²) in [6.45, 7) is 9.17. The molecule has 1 aliphatic carbocycles. The van der Waals surface area contributed by atoms with Gasteiger partial charge < -0.3 is 4.90 Å². The van der Waals surface area contributed by atoms with Gasteiger partial charge in [-0.1, -0.05) is 49.3 Å². The van der Waals surface area contributed by atoms with Gasteiger partial charge in [-0.3, -0.25) is 9.98 Å². The third-order valence-electron chi connectivity index (χ3n) is 6.79. The number of rotatable bonds is 14. The van der Waals surface area contributed by atoms with E-state index in [1.165, 1.54) is 76.6 Å². The molecular weight excluding hydrogens is 477 g/mol. The van der Waals surface area contributed by atoms with Crippen LogP contribution < -0.4 is 0 Å². The first-order chi connectivity index (χ1) is 13.4. The topological polar surface area (TPSA) is 28.0 Å². The van der Waals surface area contributed by atoms with Crippen LogP contribution in [0.5, 0.6) is 0 Å². The first kappa shape index (κ1) is 24.6. The minimum atomic E-state index is 0.247. The lowest BCUT2D eigenvalue weighted by Gasteiger charge is -2.50. The maximum Gasteiger partial charge on any atom is 0.101 e. The van der Waals surface area contributed by atoms with E-state index in [1.54, 1.807) is 0 Å². The molecular formula is C23H42IN3S. The number of halogens is 1. The van der Waals surface area contributed by atoms with Crippen LogP contribution >= 0.6 is 35.2 Å². The van der Waals surface area contributed by atoms with E-state index in [2.05, 4.69) is 74.2 Å². The van der Waals surface area contributed by atoms with Crippen molar-refractivity contribution in [1.29, 1.82) is 0 Å². The smallest absolute Gasteiger partial charge is 0.101 e. The summed E-state index contributed by atoms with van der Waals surface area (Å²) in [6.07, 6.45) is 14.5. The zero-order valence-corrected chi connectivity index (χ0v) is 21.6. The van der Waals surface area contributed by atoms with Crippen LogP contribution in [0.1, 0.15) is 85.0 Å². The first-order valence-electron chi connectivity index (χ1n) is 11.5. The highest BCUT2D eigenvalue weighted by molar-refractivity contribution is 14.1. The van der Waals surface area contributed by atoms with Gasteiger partial charge in [0.2, 0.25) is 0 Å². The SMILES string of the molecule is CCCN(C)CCC[C@@]12C[C@@H](C(C)=N[C@H](I)CCCC[C@@H](S)CC)C1CC=N2. The Morgan fingerprint density at radius 2 is 2.04 bits per heavy atom. The van der Waals surface area contributed by atoms with Gasteiger partial charge in [-0.15, -0.1) is 0 Å². The van der Waals surface area contributed by atoms with E-state index < -0.39 is 0 Å². The number of fused-ring (bicyclic) bond motifs is 1. The molecule has 28 heavy (non-hydrogen) atoms. The van der Waals surface area contributed by atoms with Gasteiger partial charge in [0.1, 0.15) is 4.05 Å². The summed E-state index contributed by atoms with van der Waals surface area (Å²) in [6, 6.07) is 0. The second-order valence-electron chi connectivity index (χ2n) is 9.03. The lowest BCUT2D eigenvalue weighted by atomic mass is 9.56. The standard InChI is InChI=1S/C23H42IN3S/c1-5-15-27(4)16-9-13-23-17-20(21(23)12-14-25-23)18(3)26-22(24)11-8-7-10-19(28)6-2/h14,19-22,28H,5-13,15-17H2,1-4H3/t19-,20-,21?,22-,23+/m0/s1. The molecule has 1 saturated carbocycles. The highest BCUT2D eigenvalue weighted by Gasteiger charge is 2.55. The monoisotopic (exact) mass is 519 g/mol. The average Bonchev–Trinajstić information content (AvgIpc) is 2.95. The predicted octanol–water partition coefficient (Wildman–Crippen LogP) is 6.45. The van der Waals surface area contributed by atoms with Crippen molar-refractivity contribution < 1.29 is 0 Å². The second-order valence-corrected chi connectivity index (χ2v) is 11.2. The molecule has 0 aromatic heterocycles. The van der Waals surface area contributed by atoms with Gasteiger partial charge in [-0.05, 0) is 90.6 Å². The average molecular weight is 520 g/mol. The fourth-order valence-electron chi connectivity index (χ4n) is 4.99. The summed E-state index contributed by atoms with van der Waals surface area (Å²) in [4.78, 5) is 12.5. The lowest BCUT2D eigenvalue weighted by molar-refractivity contribution is 0.0906. The van der Waals surface area contributed by atoms with Crippen LogP contribution in [0.15, 0.2) is 9.98 Å². The molecule has 1 unspecified atom stereocenters. The predicted molar refractivity (Wildman–Crippen MR) is 137 cm³/mol. The fraction of sp³-hybridized carbons (Fsp3) is 0.913. The van der Waals surface area contributed by atoms with Gasteiger partial charge in [-0.2, -0.15) is 12.6 Å². The summed E-state index contributed by atoms with van der Waals surface area (Å²) in [5, 5.41) is 0.574. The van der Waals surface area contributed by atoms with Crippen LogP contribution in [0.2, 0.25) is 0 Å². The van der Waals surface area contributed by atoms with Crippen LogP contribution in [-0.2, 0) is 0 Å². The number of unbranched alkanes of at least 4 members (excludes halogenated alkanes) is 1. The Balaban J connectivity index is 1.74. The molecule has 0 amide bonds. The van der Waals surface area contributed by atoms with Crippen molar-refractivity contribution >= 4 is 47.1 Å². The van der Waals surface area contributed by atoms with E-state index in [4.69, 9.17) is 9.98 Å². The molecule has 0 radical (unpaired) electrons. The number of hydrogen-bond acceptors (Lipinski definition) is 4. The van der Waals surface area contributed by atoms with Crippen molar-refractivity contribution in [2.45, 2.75) is 99.8 Å². The molecule has 2 rings (SSSR count). The van der Waals surface area contributed by atoms with Crippen molar-refractivity contribution in [3.63, 3.8) is 0 Å². The zero-order chi connectivity index (χ0) is 20.6. The van der Waals surface area contributed by atoms with Gasteiger partial charge in [0.15, 0.2) is 0 Å². The molecule has 0 spiro atoms. The van der Waals surface area contributed by atoms with Crippen molar-refractivity contribution in [3.05, 3.63) is 0 Å². The van der Waals surface area contributed by atoms with Crippen LogP contribution in [0, 0.1) is 11.8 Å². The fourth-order valence-corrected chi connectivity index (χ4v) is 6.05. The minimum Gasteiger partial charge on any atom is -0.306 e. The summed E-state index contributed by atoms with van der Waals surface area (Å²) in [7, 11) is 2.25. The van der Waals surface area contributed by atoms with E-state index >= 15 is 0 Å². The molecule has 5 atom stereocenters. The zero-order valence-electron chi connectivity index (χ0n) is 18.5. The molecule has 162 valence electrons. The Bertz CT molecular complexity index is 524. The van der Waals surface area contributed by atoms with Crippen molar-refractivity contribution in [1.82, 2.24) is 4.90 Å². The highest BCUT2D eigenvalue weighted by Crippen LogP contribution is 2.54. The normalized spacial score (nSPS) is 29.0. The molecule has 0 aromatic rings. The third-order valence-corrected chi connectivity index (χ3v) is 8.32. The summed E-state index contributed by atoms with van der Waals surface area (Å²) in [5.41, 5.74) is 1.63. The van der Waals surface area contributed by atoms with Crippen molar-refractivity contribution in [2.24, 2.45) is 21.8 Å². The quantitative estimate of drug-likeness (QED) is 0.0701. The summed E-state index contributed by atoms with van der Waals surface area (Å²) < 4.78 is 0.428. The van der Waals surface area contributed by atoms with Crippen molar-refractivity contribution in [3.8, 4) is 0 Å². The Labute approximate surface area is 193 Å². The number of thiol groups is 1. The minimum absolute atomic E-state index is 0.247. The molecule has 1 fully saturated rings. The number of hydrogen-bond donors (Lipinski definition) is 1. The summed E-state index contributed by atoms with van der Waals surface area (Å²) >= 11 is 7.14.